The van der Waals surface area contributed by atoms with Gasteiger partial charge in [0.05, 0.1) is 6.10 Å². The first-order valence-corrected chi connectivity index (χ1v) is 8.18. The van der Waals surface area contributed by atoms with Crippen molar-refractivity contribution in [3.8, 4) is 0 Å². The summed E-state index contributed by atoms with van der Waals surface area (Å²) in [5.41, 5.74) is 3.87. The lowest BCUT2D eigenvalue weighted by Crippen LogP contribution is -2.34. The monoisotopic (exact) mass is 297 g/mol. The van der Waals surface area contributed by atoms with Crippen LogP contribution in [0.3, 0.4) is 0 Å². The molecule has 0 fully saturated rings. The van der Waals surface area contributed by atoms with Crippen molar-refractivity contribution in [1.82, 2.24) is 4.90 Å². The number of aliphatic hydroxyl groups is 1. The van der Waals surface area contributed by atoms with Crippen molar-refractivity contribution < 1.29 is 5.11 Å². The molecule has 0 unspecified atom stereocenters. The van der Waals surface area contributed by atoms with E-state index < -0.39 is 0 Å². The molecule has 2 aromatic rings. The summed E-state index contributed by atoms with van der Waals surface area (Å²) < 4.78 is 0. The van der Waals surface area contributed by atoms with Crippen molar-refractivity contribution in [3.63, 3.8) is 0 Å². The Morgan fingerprint density at radius 1 is 1.00 bits per heavy atom. The molecular formula is C20H27NO. The van der Waals surface area contributed by atoms with Crippen molar-refractivity contribution >= 4 is 0 Å². The van der Waals surface area contributed by atoms with Gasteiger partial charge in [-0.3, -0.25) is 4.90 Å². The van der Waals surface area contributed by atoms with Gasteiger partial charge in [-0.05, 0) is 43.0 Å². The fraction of sp³-hybridized carbons (Fsp3) is 0.400. The van der Waals surface area contributed by atoms with E-state index in [1.165, 1.54) is 16.7 Å². The fourth-order valence-corrected chi connectivity index (χ4v) is 2.83. The zero-order valence-electron chi connectivity index (χ0n) is 13.7. The molecule has 0 saturated carbocycles. The molecule has 0 radical (unpaired) electrons. The van der Waals surface area contributed by atoms with Gasteiger partial charge in [0, 0.05) is 13.1 Å². The van der Waals surface area contributed by atoms with Gasteiger partial charge in [0.1, 0.15) is 0 Å². The first-order valence-electron chi connectivity index (χ1n) is 8.18. The summed E-state index contributed by atoms with van der Waals surface area (Å²) in [6, 6.07) is 18.7. The van der Waals surface area contributed by atoms with Gasteiger partial charge in [0.15, 0.2) is 0 Å². The average Bonchev–Trinajstić information content (AvgIpc) is 2.50. The molecule has 0 aliphatic rings. The minimum absolute atomic E-state index is 0.321. The van der Waals surface area contributed by atoms with Crippen LogP contribution in [0.25, 0.3) is 0 Å². The number of aliphatic hydroxyl groups excluding tert-OH is 1. The number of hydrogen-bond acceptors (Lipinski definition) is 2. The molecule has 118 valence electrons. The van der Waals surface area contributed by atoms with Crippen LogP contribution >= 0.6 is 0 Å². The fourth-order valence-electron chi connectivity index (χ4n) is 2.83. The Bertz CT molecular complexity index is 553. The van der Waals surface area contributed by atoms with E-state index in [2.05, 4.69) is 55.1 Å². The largest absolute Gasteiger partial charge is 0.391 e. The predicted octanol–water partition coefficient (Wildman–Crippen LogP) is 3.81. The maximum Gasteiger partial charge on any atom is 0.0707 e. The van der Waals surface area contributed by atoms with Crippen LogP contribution < -0.4 is 0 Å². The molecular weight excluding hydrogens is 270 g/mol. The number of aryl methyl sites for hydroxylation is 1. The van der Waals surface area contributed by atoms with E-state index in [1.807, 2.05) is 18.2 Å². The molecule has 22 heavy (non-hydrogen) atoms. The molecule has 0 heterocycles. The minimum Gasteiger partial charge on any atom is -0.391 e. The highest BCUT2D eigenvalue weighted by molar-refractivity contribution is 5.25. The van der Waals surface area contributed by atoms with E-state index >= 15 is 0 Å². The van der Waals surface area contributed by atoms with Crippen molar-refractivity contribution in [1.29, 1.82) is 0 Å². The molecule has 2 rings (SSSR count). The predicted molar refractivity (Wildman–Crippen MR) is 92.9 cm³/mol. The standard InChI is InChI=1S/C20H27NO/c1-3-13-21(15-19-12-8-7-9-17(19)2)16-20(22)14-18-10-5-4-6-11-18/h4-12,20,22H,3,13-16H2,1-2H3/t20-/m1/s1. The van der Waals surface area contributed by atoms with Crippen LogP contribution in [0.4, 0.5) is 0 Å². The van der Waals surface area contributed by atoms with Crippen LogP contribution in [-0.2, 0) is 13.0 Å². The van der Waals surface area contributed by atoms with E-state index in [9.17, 15) is 5.11 Å². The molecule has 0 amide bonds. The third kappa shape index (κ3) is 5.28. The lowest BCUT2D eigenvalue weighted by atomic mass is 10.1. The molecule has 2 nitrogen and oxygen atoms in total. The van der Waals surface area contributed by atoms with Crippen LogP contribution in [0.2, 0.25) is 0 Å². The summed E-state index contributed by atoms with van der Waals surface area (Å²) >= 11 is 0. The minimum atomic E-state index is -0.321. The maximum atomic E-state index is 10.4. The second-order valence-corrected chi connectivity index (χ2v) is 6.01. The van der Waals surface area contributed by atoms with E-state index in [1.54, 1.807) is 0 Å². The summed E-state index contributed by atoms with van der Waals surface area (Å²) in [6.45, 7) is 6.98. The average molecular weight is 297 g/mol. The van der Waals surface area contributed by atoms with E-state index in [0.717, 1.165) is 32.5 Å². The van der Waals surface area contributed by atoms with Gasteiger partial charge in [0.25, 0.3) is 0 Å². The molecule has 0 aliphatic heterocycles. The first kappa shape index (κ1) is 16.7. The van der Waals surface area contributed by atoms with Crippen LogP contribution in [0.5, 0.6) is 0 Å². The highest BCUT2D eigenvalue weighted by Crippen LogP contribution is 2.12. The summed E-state index contributed by atoms with van der Waals surface area (Å²) in [7, 11) is 0. The Balaban J connectivity index is 1.95. The SMILES string of the molecule is CCCN(Cc1ccccc1C)C[C@H](O)Cc1ccccc1. The van der Waals surface area contributed by atoms with Gasteiger partial charge < -0.3 is 5.11 Å². The summed E-state index contributed by atoms with van der Waals surface area (Å²) in [4.78, 5) is 2.36. The van der Waals surface area contributed by atoms with Crippen molar-refractivity contribution in [2.75, 3.05) is 13.1 Å². The summed E-state index contributed by atoms with van der Waals surface area (Å²) in [5, 5.41) is 10.4. The Morgan fingerprint density at radius 3 is 2.36 bits per heavy atom. The molecule has 0 saturated heterocycles. The number of benzene rings is 2. The second kappa shape index (κ2) is 8.72. The lowest BCUT2D eigenvalue weighted by Gasteiger charge is -2.25. The van der Waals surface area contributed by atoms with Crippen LogP contribution in [0.1, 0.15) is 30.0 Å². The molecule has 2 heteroatoms. The Hall–Kier alpha value is -1.64. The Morgan fingerprint density at radius 2 is 1.68 bits per heavy atom. The molecule has 0 spiro atoms. The zero-order chi connectivity index (χ0) is 15.8. The van der Waals surface area contributed by atoms with Gasteiger partial charge in [-0.15, -0.1) is 0 Å². The number of hydrogen-bond donors (Lipinski definition) is 1. The Kier molecular flexibility index (Phi) is 6.63. The summed E-state index contributed by atoms with van der Waals surface area (Å²) in [6.07, 6.45) is 1.50. The van der Waals surface area contributed by atoms with Crippen molar-refractivity contribution in [3.05, 3.63) is 71.3 Å². The lowest BCUT2D eigenvalue weighted by molar-refractivity contribution is 0.108. The Labute approximate surface area is 134 Å². The zero-order valence-corrected chi connectivity index (χ0v) is 13.7. The second-order valence-electron chi connectivity index (χ2n) is 6.01. The molecule has 2 aromatic carbocycles. The third-order valence-corrected chi connectivity index (χ3v) is 3.98. The van der Waals surface area contributed by atoms with Gasteiger partial charge >= 0.3 is 0 Å². The highest BCUT2D eigenvalue weighted by Gasteiger charge is 2.13. The quantitative estimate of drug-likeness (QED) is 0.801. The summed E-state index contributed by atoms with van der Waals surface area (Å²) in [5.74, 6) is 0. The normalized spacial score (nSPS) is 12.5. The van der Waals surface area contributed by atoms with E-state index in [4.69, 9.17) is 0 Å². The first-order chi connectivity index (χ1) is 10.7. The van der Waals surface area contributed by atoms with Gasteiger partial charge in [-0.1, -0.05) is 61.5 Å². The highest BCUT2D eigenvalue weighted by atomic mass is 16.3. The third-order valence-electron chi connectivity index (χ3n) is 3.98. The van der Waals surface area contributed by atoms with Crippen LogP contribution in [0.15, 0.2) is 54.6 Å². The number of rotatable bonds is 8. The number of nitrogens with zero attached hydrogens (tertiary/aromatic N) is 1. The smallest absolute Gasteiger partial charge is 0.0707 e. The molecule has 0 aliphatic carbocycles. The molecule has 0 aromatic heterocycles. The van der Waals surface area contributed by atoms with Crippen LogP contribution in [0, 0.1) is 6.92 Å². The van der Waals surface area contributed by atoms with Crippen LogP contribution in [-0.4, -0.2) is 29.2 Å². The van der Waals surface area contributed by atoms with Gasteiger partial charge in [-0.25, -0.2) is 0 Å². The molecule has 0 bridgehead atoms. The topological polar surface area (TPSA) is 23.5 Å². The van der Waals surface area contributed by atoms with E-state index in [-0.39, 0.29) is 6.10 Å². The van der Waals surface area contributed by atoms with Gasteiger partial charge in [0.2, 0.25) is 0 Å². The molecule has 1 atom stereocenters. The van der Waals surface area contributed by atoms with Crippen molar-refractivity contribution in [2.45, 2.75) is 39.3 Å². The van der Waals surface area contributed by atoms with Gasteiger partial charge in [-0.2, -0.15) is 0 Å². The molecule has 1 N–H and O–H groups in total. The van der Waals surface area contributed by atoms with Crippen molar-refractivity contribution in [2.24, 2.45) is 0 Å². The van der Waals surface area contributed by atoms with E-state index in [0.29, 0.717) is 0 Å². The maximum absolute atomic E-state index is 10.4.